The lowest BCUT2D eigenvalue weighted by molar-refractivity contribution is 0.251. The van der Waals surface area contributed by atoms with Crippen LogP contribution in [0.4, 0.5) is 14.9 Å². The van der Waals surface area contributed by atoms with Gasteiger partial charge in [0.25, 0.3) is 0 Å². The highest BCUT2D eigenvalue weighted by Gasteiger charge is 2.03. The summed E-state index contributed by atoms with van der Waals surface area (Å²) < 4.78 is 12.8. The van der Waals surface area contributed by atoms with Crippen molar-refractivity contribution in [3.05, 3.63) is 60.0 Å². The highest BCUT2D eigenvalue weighted by atomic mass is 19.1. The van der Waals surface area contributed by atoms with Crippen LogP contribution in [0.5, 0.6) is 0 Å². The summed E-state index contributed by atoms with van der Waals surface area (Å²) >= 11 is 0. The topological polar surface area (TPSA) is 69.8 Å². The molecule has 0 aliphatic rings. The van der Waals surface area contributed by atoms with Gasteiger partial charge in [-0.25, -0.2) is 9.18 Å². The Morgan fingerprint density at radius 2 is 2.00 bits per heavy atom. The number of amides is 2. The fraction of sp³-hybridized carbons (Fsp3) is 0.0667. The third-order valence-electron chi connectivity index (χ3n) is 3.07. The molecule has 2 amide bonds. The molecular formula is C15H13FN4O. The molecule has 0 aliphatic heterocycles. The van der Waals surface area contributed by atoms with Crippen LogP contribution in [-0.2, 0) is 6.54 Å². The maximum absolute atomic E-state index is 12.8. The lowest BCUT2D eigenvalue weighted by Gasteiger charge is -2.07. The van der Waals surface area contributed by atoms with E-state index >= 15 is 0 Å². The number of benzene rings is 2. The Morgan fingerprint density at radius 3 is 2.81 bits per heavy atom. The molecule has 1 aromatic heterocycles. The molecule has 21 heavy (non-hydrogen) atoms. The predicted molar refractivity (Wildman–Crippen MR) is 78.4 cm³/mol. The van der Waals surface area contributed by atoms with E-state index < -0.39 is 0 Å². The Morgan fingerprint density at radius 1 is 1.19 bits per heavy atom. The monoisotopic (exact) mass is 284 g/mol. The molecule has 1 heterocycles. The first-order valence-corrected chi connectivity index (χ1v) is 6.43. The number of anilines is 1. The molecular weight excluding hydrogens is 271 g/mol. The average molecular weight is 284 g/mol. The zero-order valence-corrected chi connectivity index (χ0v) is 11.1. The minimum atomic E-state index is -0.321. The number of aromatic nitrogens is 2. The first-order valence-electron chi connectivity index (χ1n) is 6.43. The highest BCUT2D eigenvalue weighted by molar-refractivity contribution is 5.92. The molecule has 3 aromatic rings. The van der Waals surface area contributed by atoms with Gasteiger partial charge in [0, 0.05) is 17.6 Å². The first kappa shape index (κ1) is 13.1. The molecule has 0 unspecified atom stereocenters. The molecule has 0 aliphatic carbocycles. The average Bonchev–Trinajstić information content (AvgIpc) is 2.94. The second-order valence-corrected chi connectivity index (χ2v) is 4.61. The van der Waals surface area contributed by atoms with E-state index in [1.54, 1.807) is 30.5 Å². The zero-order valence-electron chi connectivity index (χ0n) is 11.1. The van der Waals surface area contributed by atoms with Crippen molar-refractivity contribution < 1.29 is 9.18 Å². The molecule has 0 bridgehead atoms. The Bertz CT molecular complexity index is 767. The summed E-state index contributed by atoms with van der Waals surface area (Å²) in [6.45, 7) is 0.332. The van der Waals surface area contributed by atoms with Crippen LogP contribution in [0.15, 0.2) is 48.7 Å². The standard InChI is InChI=1S/C15H13FN4O/c16-12-4-1-10(2-5-12)8-17-15(21)19-13-6-3-11-9-18-20-14(11)7-13/h1-7,9H,8H2,(H,18,20)(H2,17,19,21). The molecule has 6 heteroatoms. The van der Waals surface area contributed by atoms with Gasteiger partial charge in [-0.3, -0.25) is 5.10 Å². The summed E-state index contributed by atoms with van der Waals surface area (Å²) in [6.07, 6.45) is 1.72. The summed E-state index contributed by atoms with van der Waals surface area (Å²) in [6, 6.07) is 11.1. The smallest absolute Gasteiger partial charge is 0.319 e. The number of urea groups is 1. The molecule has 0 fully saturated rings. The second kappa shape index (κ2) is 5.62. The summed E-state index contributed by atoms with van der Waals surface area (Å²) in [5, 5.41) is 13.2. The van der Waals surface area contributed by atoms with Crippen molar-refractivity contribution in [2.45, 2.75) is 6.54 Å². The number of carbonyl (C=O) groups excluding carboxylic acids is 1. The van der Waals surface area contributed by atoms with Crippen LogP contribution in [0.2, 0.25) is 0 Å². The van der Waals surface area contributed by atoms with Crippen molar-refractivity contribution in [1.29, 1.82) is 0 Å². The third kappa shape index (κ3) is 3.17. The molecule has 3 rings (SSSR count). The number of nitrogens with one attached hydrogen (secondary N) is 3. The number of hydrogen-bond acceptors (Lipinski definition) is 2. The number of fused-ring (bicyclic) bond motifs is 1. The van der Waals surface area contributed by atoms with Gasteiger partial charge >= 0.3 is 6.03 Å². The van der Waals surface area contributed by atoms with Crippen molar-refractivity contribution in [2.75, 3.05) is 5.32 Å². The number of carbonyl (C=O) groups is 1. The number of nitrogens with zero attached hydrogens (tertiary/aromatic N) is 1. The summed E-state index contributed by atoms with van der Waals surface area (Å²) in [4.78, 5) is 11.8. The molecule has 5 nitrogen and oxygen atoms in total. The normalized spacial score (nSPS) is 10.5. The molecule has 0 atom stereocenters. The third-order valence-corrected chi connectivity index (χ3v) is 3.07. The molecule has 0 saturated carbocycles. The van der Waals surface area contributed by atoms with Gasteiger partial charge < -0.3 is 10.6 Å². The number of rotatable bonds is 3. The predicted octanol–water partition coefficient (Wildman–Crippen LogP) is 3.02. The van der Waals surface area contributed by atoms with Crippen LogP contribution < -0.4 is 10.6 Å². The molecule has 0 radical (unpaired) electrons. The van der Waals surface area contributed by atoms with E-state index in [0.717, 1.165) is 16.5 Å². The quantitative estimate of drug-likeness (QED) is 0.692. The molecule has 106 valence electrons. The second-order valence-electron chi connectivity index (χ2n) is 4.61. The van der Waals surface area contributed by atoms with Gasteiger partial charge in [0.15, 0.2) is 0 Å². The molecule has 0 saturated heterocycles. The van der Waals surface area contributed by atoms with E-state index in [0.29, 0.717) is 12.2 Å². The lowest BCUT2D eigenvalue weighted by Crippen LogP contribution is -2.28. The van der Waals surface area contributed by atoms with Gasteiger partial charge in [-0.15, -0.1) is 0 Å². The number of hydrogen-bond donors (Lipinski definition) is 3. The molecule has 3 N–H and O–H groups in total. The van der Waals surface area contributed by atoms with E-state index in [4.69, 9.17) is 0 Å². The highest BCUT2D eigenvalue weighted by Crippen LogP contribution is 2.16. The minimum Gasteiger partial charge on any atom is -0.334 e. The van der Waals surface area contributed by atoms with Gasteiger partial charge in [0.05, 0.1) is 11.7 Å². The van der Waals surface area contributed by atoms with Crippen molar-refractivity contribution >= 4 is 22.6 Å². The van der Waals surface area contributed by atoms with E-state index in [2.05, 4.69) is 20.8 Å². The van der Waals surface area contributed by atoms with Crippen LogP contribution in [0.1, 0.15) is 5.56 Å². The fourth-order valence-corrected chi connectivity index (χ4v) is 1.97. The van der Waals surface area contributed by atoms with Crippen LogP contribution in [0, 0.1) is 5.82 Å². The van der Waals surface area contributed by atoms with Gasteiger partial charge in [-0.1, -0.05) is 12.1 Å². The largest absolute Gasteiger partial charge is 0.334 e. The summed E-state index contributed by atoms with van der Waals surface area (Å²) in [5.74, 6) is -0.295. The zero-order chi connectivity index (χ0) is 14.7. The van der Waals surface area contributed by atoms with E-state index in [-0.39, 0.29) is 11.8 Å². The number of H-pyrrole nitrogens is 1. The van der Waals surface area contributed by atoms with Gasteiger partial charge in [-0.05, 0) is 35.9 Å². The van der Waals surface area contributed by atoms with Crippen LogP contribution >= 0.6 is 0 Å². The van der Waals surface area contributed by atoms with Crippen molar-refractivity contribution in [3.8, 4) is 0 Å². The van der Waals surface area contributed by atoms with Gasteiger partial charge in [0.2, 0.25) is 0 Å². The Balaban J connectivity index is 1.59. The van der Waals surface area contributed by atoms with Crippen LogP contribution in [0.3, 0.4) is 0 Å². The summed E-state index contributed by atoms with van der Waals surface area (Å²) in [7, 11) is 0. The van der Waals surface area contributed by atoms with Crippen molar-refractivity contribution in [1.82, 2.24) is 15.5 Å². The Hall–Kier alpha value is -2.89. The van der Waals surface area contributed by atoms with Gasteiger partial charge in [-0.2, -0.15) is 5.10 Å². The van der Waals surface area contributed by atoms with Crippen LogP contribution in [0.25, 0.3) is 10.9 Å². The fourth-order valence-electron chi connectivity index (χ4n) is 1.97. The maximum Gasteiger partial charge on any atom is 0.319 e. The van der Waals surface area contributed by atoms with Crippen molar-refractivity contribution in [3.63, 3.8) is 0 Å². The van der Waals surface area contributed by atoms with E-state index in [1.807, 2.05) is 6.07 Å². The number of halogens is 1. The molecule has 2 aromatic carbocycles. The summed E-state index contributed by atoms with van der Waals surface area (Å²) in [5.41, 5.74) is 2.35. The van der Waals surface area contributed by atoms with E-state index in [1.165, 1.54) is 12.1 Å². The Labute approximate surface area is 120 Å². The Kier molecular flexibility index (Phi) is 3.51. The first-order chi connectivity index (χ1) is 10.2. The van der Waals surface area contributed by atoms with Crippen LogP contribution in [-0.4, -0.2) is 16.2 Å². The lowest BCUT2D eigenvalue weighted by atomic mass is 10.2. The SMILES string of the molecule is O=C(NCc1ccc(F)cc1)Nc1ccc2cn[nH]c2c1. The maximum atomic E-state index is 12.8. The van der Waals surface area contributed by atoms with Gasteiger partial charge in [0.1, 0.15) is 5.82 Å². The number of aromatic amines is 1. The molecule has 0 spiro atoms. The van der Waals surface area contributed by atoms with E-state index in [9.17, 15) is 9.18 Å². The van der Waals surface area contributed by atoms with Crippen molar-refractivity contribution in [2.24, 2.45) is 0 Å². The minimum absolute atomic E-state index is 0.295.